The third kappa shape index (κ3) is 10.2. The zero-order valence-corrected chi connectivity index (χ0v) is 28.1. The van der Waals surface area contributed by atoms with E-state index in [2.05, 4.69) is 0 Å². The van der Waals surface area contributed by atoms with Gasteiger partial charge in [-0.1, -0.05) is 26.7 Å². The average molecular weight is 727 g/mol. The number of aliphatic hydroxyl groups excluding tert-OH is 6. The van der Waals surface area contributed by atoms with Gasteiger partial charge >= 0.3 is 11.9 Å². The van der Waals surface area contributed by atoms with Crippen LogP contribution in [0.3, 0.4) is 0 Å². The van der Waals surface area contributed by atoms with Crippen LogP contribution in [0.1, 0.15) is 60.2 Å². The highest BCUT2D eigenvalue weighted by molar-refractivity contribution is 5.93. The monoisotopic (exact) mass is 726 g/mol. The maximum atomic E-state index is 12.7. The number of hydrogen-bond donors (Lipinski definition) is 8. The van der Waals surface area contributed by atoms with Crippen LogP contribution in [0, 0.1) is 0 Å². The molecule has 0 radical (unpaired) electrons. The van der Waals surface area contributed by atoms with Crippen molar-refractivity contribution in [1.82, 2.24) is 0 Å². The van der Waals surface area contributed by atoms with Crippen LogP contribution in [0.25, 0.3) is 0 Å². The maximum Gasteiger partial charge on any atom is 0.342 e. The molecule has 2 heterocycles. The van der Waals surface area contributed by atoms with E-state index in [0.29, 0.717) is 24.7 Å². The van der Waals surface area contributed by atoms with E-state index >= 15 is 0 Å². The SMILES string of the molecule is CCCCOc1ccc(C(=O)OCC2O[C@H](O[C@H]3OC(COC(=O)c4ccc(OCCCC)cc4O)[C@@H](O)[C@H](O)C3O)C(O)[C@@H](O)[C@@H]2O)c(O)c1. The topological polar surface area (TPSA) is 261 Å². The molecule has 2 saturated heterocycles. The maximum absolute atomic E-state index is 12.7. The first kappa shape index (κ1) is 40.0. The van der Waals surface area contributed by atoms with Crippen LogP contribution in [0.2, 0.25) is 0 Å². The Hall–Kier alpha value is -3.78. The van der Waals surface area contributed by atoms with E-state index in [4.69, 9.17) is 33.2 Å². The van der Waals surface area contributed by atoms with Crippen LogP contribution in [0.5, 0.6) is 23.0 Å². The molecule has 2 aromatic rings. The van der Waals surface area contributed by atoms with Crippen LogP contribution < -0.4 is 9.47 Å². The van der Waals surface area contributed by atoms with E-state index in [9.17, 15) is 50.4 Å². The Morgan fingerprint density at radius 2 is 1.00 bits per heavy atom. The largest absolute Gasteiger partial charge is 0.507 e. The Kier molecular flexibility index (Phi) is 14.6. The second-order valence-electron chi connectivity index (χ2n) is 12.1. The van der Waals surface area contributed by atoms with Crippen molar-refractivity contribution in [3.05, 3.63) is 47.5 Å². The Morgan fingerprint density at radius 3 is 1.35 bits per heavy atom. The summed E-state index contributed by atoms with van der Waals surface area (Å²) in [7, 11) is 0. The molecule has 10 atom stereocenters. The molecule has 17 heteroatoms. The van der Waals surface area contributed by atoms with Crippen LogP contribution >= 0.6 is 0 Å². The van der Waals surface area contributed by atoms with Crippen molar-refractivity contribution in [3.63, 3.8) is 0 Å². The van der Waals surface area contributed by atoms with Crippen LogP contribution in [0.4, 0.5) is 0 Å². The van der Waals surface area contributed by atoms with E-state index in [0.717, 1.165) is 25.7 Å². The van der Waals surface area contributed by atoms with Crippen LogP contribution in [-0.2, 0) is 23.7 Å². The van der Waals surface area contributed by atoms with E-state index < -0.39 is 98.1 Å². The highest BCUT2D eigenvalue weighted by atomic mass is 16.8. The molecule has 284 valence electrons. The Labute approximate surface area is 293 Å². The van der Waals surface area contributed by atoms with Gasteiger partial charge in [-0.3, -0.25) is 0 Å². The molecule has 0 aliphatic carbocycles. The fourth-order valence-corrected chi connectivity index (χ4v) is 5.15. The van der Waals surface area contributed by atoms with Gasteiger partial charge in [-0.25, -0.2) is 9.59 Å². The van der Waals surface area contributed by atoms with Gasteiger partial charge in [0, 0.05) is 12.1 Å². The van der Waals surface area contributed by atoms with Crippen molar-refractivity contribution in [2.24, 2.45) is 0 Å². The molecule has 2 aliphatic rings. The summed E-state index contributed by atoms with van der Waals surface area (Å²) < 4.78 is 37.9. The summed E-state index contributed by atoms with van der Waals surface area (Å²) in [5.41, 5.74) is -0.448. The lowest BCUT2D eigenvalue weighted by atomic mass is 9.98. The quantitative estimate of drug-likeness (QED) is 0.0843. The van der Waals surface area contributed by atoms with E-state index in [1.165, 1.54) is 36.4 Å². The molecule has 0 spiro atoms. The third-order valence-corrected chi connectivity index (χ3v) is 8.27. The van der Waals surface area contributed by atoms with Crippen molar-refractivity contribution in [2.75, 3.05) is 26.4 Å². The van der Waals surface area contributed by atoms with Gasteiger partial charge in [0.15, 0.2) is 12.6 Å². The van der Waals surface area contributed by atoms with Crippen LogP contribution in [0.15, 0.2) is 36.4 Å². The molecular weight excluding hydrogens is 680 g/mol. The van der Waals surface area contributed by atoms with Crippen molar-refractivity contribution in [1.29, 1.82) is 0 Å². The molecule has 8 N–H and O–H groups in total. The fourth-order valence-electron chi connectivity index (χ4n) is 5.15. The third-order valence-electron chi connectivity index (χ3n) is 8.27. The number of benzene rings is 2. The van der Waals surface area contributed by atoms with Gasteiger partial charge in [0.2, 0.25) is 0 Å². The first-order valence-corrected chi connectivity index (χ1v) is 16.7. The average Bonchev–Trinajstić information content (AvgIpc) is 3.11. The standard InChI is InChI=1S/C34H46O17/c1-3-5-11-45-17-7-9-19(21(35)13-17)31(43)47-15-23-25(37)27(39)29(41)33(49-23)51-34-30(42)28(40)26(38)24(50-34)16-48-32(44)20-10-8-18(14-22(20)36)46-12-6-4-2/h7-10,13-14,23-30,33-42H,3-6,11-12,15-16H2,1-2H3/t23?,24?,25-,26-,27+,28+,29?,30?,33-,34-/m1/s1. The fraction of sp³-hybridized carbons (Fsp3) is 0.588. The number of aliphatic hydroxyl groups is 6. The van der Waals surface area contributed by atoms with Gasteiger partial charge < -0.3 is 74.0 Å². The molecule has 2 aliphatic heterocycles. The van der Waals surface area contributed by atoms with E-state index in [1.54, 1.807) is 0 Å². The van der Waals surface area contributed by atoms with Gasteiger partial charge in [-0.15, -0.1) is 0 Å². The van der Waals surface area contributed by atoms with Gasteiger partial charge in [0.1, 0.15) is 96.2 Å². The van der Waals surface area contributed by atoms with Gasteiger partial charge in [0.05, 0.1) is 13.2 Å². The summed E-state index contributed by atoms with van der Waals surface area (Å²) >= 11 is 0. The van der Waals surface area contributed by atoms with Crippen LogP contribution in [-0.4, -0.2) is 141 Å². The predicted molar refractivity (Wildman–Crippen MR) is 172 cm³/mol. The first-order valence-electron chi connectivity index (χ1n) is 16.7. The summed E-state index contributed by atoms with van der Waals surface area (Å²) in [4.78, 5) is 25.4. The lowest BCUT2D eigenvalue weighted by molar-refractivity contribution is -0.376. The molecule has 4 unspecified atom stereocenters. The zero-order chi connectivity index (χ0) is 37.2. The van der Waals surface area contributed by atoms with E-state index in [1.807, 2.05) is 13.8 Å². The van der Waals surface area contributed by atoms with Crippen molar-refractivity contribution >= 4 is 11.9 Å². The minimum atomic E-state index is -1.94. The number of phenolic OH excluding ortho intramolecular Hbond substituents is 2. The molecule has 2 fully saturated rings. The minimum Gasteiger partial charge on any atom is -0.507 e. The second-order valence-corrected chi connectivity index (χ2v) is 12.1. The summed E-state index contributed by atoms with van der Waals surface area (Å²) in [5, 5.41) is 83.7. The molecule has 2 aromatic carbocycles. The molecule has 0 saturated carbocycles. The van der Waals surface area contributed by atoms with Crippen molar-refractivity contribution in [2.45, 2.75) is 101 Å². The summed E-state index contributed by atoms with van der Waals surface area (Å²) in [5.74, 6) is -2.20. The number of phenols is 2. The highest BCUT2D eigenvalue weighted by Gasteiger charge is 2.50. The zero-order valence-electron chi connectivity index (χ0n) is 28.1. The second kappa shape index (κ2) is 18.6. The number of rotatable bonds is 16. The van der Waals surface area contributed by atoms with E-state index in [-0.39, 0.29) is 11.1 Å². The molecule has 0 aromatic heterocycles. The lowest BCUT2D eigenvalue weighted by Gasteiger charge is -2.44. The number of hydrogen-bond acceptors (Lipinski definition) is 17. The first-order chi connectivity index (χ1) is 24.4. The van der Waals surface area contributed by atoms with Gasteiger partial charge in [-0.05, 0) is 37.1 Å². The van der Waals surface area contributed by atoms with Crippen molar-refractivity contribution in [3.8, 4) is 23.0 Å². The van der Waals surface area contributed by atoms with Crippen molar-refractivity contribution < 1.29 is 83.6 Å². The predicted octanol–water partition coefficient (Wildman–Crippen LogP) is 0.101. The smallest absolute Gasteiger partial charge is 0.342 e. The minimum absolute atomic E-state index is 0.224. The Balaban J connectivity index is 1.35. The molecular formula is C34H46O17. The number of unbranched alkanes of at least 4 members (excludes halogenated alkanes) is 2. The molecule has 0 bridgehead atoms. The summed E-state index contributed by atoms with van der Waals surface area (Å²) in [6.45, 7) is 3.43. The highest BCUT2D eigenvalue weighted by Crippen LogP contribution is 2.30. The summed E-state index contributed by atoms with van der Waals surface area (Å²) in [6, 6.07) is 7.96. The summed E-state index contributed by atoms with van der Waals surface area (Å²) in [6.07, 6.45) is -14.6. The Bertz CT molecular complexity index is 1330. The molecule has 4 rings (SSSR count). The molecule has 0 amide bonds. The number of carbonyl (C=O) groups is 2. The molecule has 51 heavy (non-hydrogen) atoms. The number of ether oxygens (including phenoxy) is 7. The van der Waals surface area contributed by atoms with Gasteiger partial charge in [0.25, 0.3) is 0 Å². The number of esters is 2. The van der Waals surface area contributed by atoms with Gasteiger partial charge in [-0.2, -0.15) is 0 Å². The normalized spacial score (nSPS) is 29.3. The number of carbonyl (C=O) groups excluding carboxylic acids is 2. The number of aromatic hydroxyl groups is 2. The lowest BCUT2D eigenvalue weighted by Crippen LogP contribution is -2.64. The Morgan fingerprint density at radius 1 is 0.608 bits per heavy atom. The molecule has 17 nitrogen and oxygen atoms in total.